The molecule has 0 bridgehead atoms. The number of carbonyl (C=O) groups is 2. The molecule has 0 aliphatic carbocycles. The molecule has 140 valence electrons. The molecular weight excluding hydrogens is 318 g/mol. The number of benzene rings is 1. The summed E-state index contributed by atoms with van der Waals surface area (Å²) in [6.45, 7) is 2.18. The molecule has 5 heteroatoms. The van der Waals surface area contributed by atoms with Crippen LogP contribution in [0.2, 0.25) is 0 Å². The molecular formula is C20H31NO4. The average Bonchev–Trinajstić information content (AvgIpc) is 2.64. The first kappa shape index (κ1) is 21.2. The summed E-state index contributed by atoms with van der Waals surface area (Å²) in [7, 11) is 2.83. The maximum atomic E-state index is 12.5. The van der Waals surface area contributed by atoms with E-state index in [-0.39, 0.29) is 5.91 Å². The molecule has 0 saturated carbocycles. The molecule has 0 radical (unpaired) electrons. The van der Waals surface area contributed by atoms with Crippen molar-refractivity contribution in [2.45, 2.75) is 64.0 Å². The van der Waals surface area contributed by atoms with Gasteiger partial charge in [0.2, 0.25) is 0 Å². The van der Waals surface area contributed by atoms with E-state index in [1.165, 1.54) is 33.5 Å². The summed E-state index contributed by atoms with van der Waals surface area (Å²) in [5, 5.41) is 2.78. The van der Waals surface area contributed by atoms with Gasteiger partial charge in [0, 0.05) is 7.11 Å². The smallest absolute Gasteiger partial charge is 0.328 e. The summed E-state index contributed by atoms with van der Waals surface area (Å²) in [5.74, 6) is -0.736. The first-order chi connectivity index (χ1) is 12.1. The molecule has 0 spiro atoms. The lowest BCUT2D eigenvalue weighted by molar-refractivity contribution is -0.147. The number of methoxy groups -OCH3 is 2. The van der Waals surface area contributed by atoms with E-state index in [1.54, 1.807) is 0 Å². The Balaban J connectivity index is 2.58. The van der Waals surface area contributed by atoms with Gasteiger partial charge in [0.05, 0.1) is 7.11 Å². The lowest BCUT2D eigenvalue weighted by Gasteiger charge is -2.21. The van der Waals surface area contributed by atoms with Crippen molar-refractivity contribution in [2.24, 2.45) is 0 Å². The zero-order valence-corrected chi connectivity index (χ0v) is 15.6. The number of amides is 1. The molecule has 2 atom stereocenters. The highest BCUT2D eigenvalue weighted by Gasteiger charge is 2.26. The van der Waals surface area contributed by atoms with Gasteiger partial charge in [-0.3, -0.25) is 4.79 Å². The highest BCUT2D eigenvalue weighted by atomic mass is 16.5. The lowest BCUT2D eigenvalue weighted by atomic mass is 10.0. The van der Waals surface area contributed by atoms with Gasteiger partial charge in [0.1, 0.15) is 6.04 Å². The summed E-state index contributed by atoms with van der Waals surface area (Å²) in [6, 6.07) is 8.60. The van der Waals surface area contributed by atoms with Crippen LogP contribution >= 0.6 is 0 Å². The predicted octanol–water partition coefficient (Wildman–Crippen LogP) is 3.78. The first-order valence-corrected chi connectivity index (χ1v) is 9.10. The number of ether oxygens (including phenoxy) is 2. The molecule has 1 aromatic carbocycles. The minimum Gasteiger partial charge on any atom is -0.467 e. The van der Waals surface area contributed by atoms with Gasteiger partial charge in [-0.2, -0.15) is 0 Å². The van der Waals surface area contributed by atoms with Crippen LogP contribution in [0.4, 0.5) is 0 Å². The molecule has 1 N–H and O–H groups in total. The van der Waals surface area contributed by atoms with E-state index in [1.807, 2.05) is 30.3 Å². The van der Waals surface area contributed by atoms with Crippen molar-refractivity contribution in [3.63, 3.8) is 0 Å². The van der Waals surface area contributed by atoms with Gasteiger partial charge in [-0.25, -0.2) is 4.79 Å². The third-order valence-electron chi connectivity index (χ3n) is 4.22. The lowest BCUT2D eigenvalue weighted by Crippen LogP contribution is -2.44. The maximum Gasteiger partial charge on any atom is 0.328 e. The van der Waals surface area contributed by atoms with Crippen molar-refractivity contribution >= 4 is 11.9 Å². The molecule has 0 fully saturated rings. The largest absolute Gasteiger partial charge is 0.467 e. The monoisotopic (exact) mass is 349 g/mol. The quantitative estimate of drug-likeness (QED) is 0.461. The fourth-order valence-corrected chi connectivity index (χ4v) is 2.79. The second-order valence-corrected chi connectivity index (χ2v) is 6.17. The Morgan fingerprint density at radius 1 is 1.00 bits per heavy atom. The number of unbranched alkanes of at least 4 members (excludes halogenated alkanes) is 5. The normalized spacial score (nSPS) is 13.1. The number of hydrogen-bond donors (Lipinski definition) is 1. The molecule has 0 aromatic heterocycles. The van der Waals surface area contributed by atoms with Crippen molar-refractivity contribution in [2.75, 3.05) is 14.2 Å². The van der Waals surface area contributed by atoms with Gasteiger partial charge in [-0.05, 0) is 12.0 Å². The Hall–Kier alpha value is -1.88. The van der Waals surface area contributed by atoms with Crippen molar-refractivity contribution in [1.29, 1.82) is 0 Å². The van der Waals surface area contributed by atoms with Crippen LogP contribution in [-0.4, -0.2) is 32.1 Å². The van der Waals surface area contributed by atoms with Gasteiger partial charge >= 0.3 is 5.97 Å². The Morgan fingerprint density at radius 2 is 1.64 bits per heavy atom. The molecule has 1 aromatic rings. The number of hydrogen-bond acceptors (Lipinski definition) is 4. The van der Waals surface area contributed by atoms with Crippen LogP contribution in [0.25, 0.3) is 0 Å². The van der Waals surface area contributed by atoms with E-state index in [9.17, 15) is 9.59 Å². The molecule has 5 nitrogen and oxygen atoms in total. The van der Waals surface area contributed by atoms with Crippen molar-refractivity contribution < 1.29 is 19.1 Å². The number of nitrogens with one attached hydrogen (secondary N) is 1. The molecule has 0 saturated heterocycles. The molecule has 0 aliphatic rings. The zero-order chi connectivity index (χ0) is 18.5. The second-order valence-electron chi connectivity index (χ2n) is 6.17. The summed E-state index contributed by atoms with van der Waals surface area (Å²) in [6.07, 6.45) is 6.59. The van der Waals surface area contributed by atoms with Crippen LogP contribution in [0.15, 0.2) is 30.3 Å². The van der Waals surface area contributed by atoms with Crippen LogP contribution in [0.1, 0.15) is 63.5 Å². The first-order valence-electron chi connectivity index (χ1n) is 9.10. The van der Waals surface area contributed by atoms with Crippen molar-refractivity contribution in [3.8, 4) is 0 Å². The topological polar surface area (TPSA) is 64.6 Å². The molecule has 0 unspecified atom stereocenters. The Labute approximate surface area is 151 Å². The van der Waals surface area contributed by atoms with E-state index in [4.69, 9.17) is 9.47 Å². The average molecular weight is 349 g/mol. The van der Waals surface area contributed by atoms with Crippen molar-refractivity contribution in [1.82, 2.24) is 5.32 Å². The Morgan fingerprint density at radius 3 is 2.24 bits per heavy atom. The minimum absolute atomic E-state index is 0.324. The molecule has 0 aliphatic heterocycles. The molecule has 1 rings (SSSR count). The number of esters is 1. The second kappa shape index (κ2) is 12.5. The minimum atomic E-state index is -0.738. The number of carbonyl (C=O) groups excluding carboxylic acids is 2. The fourth-order valence-electron chi connectivity index (χ4n) is 2.79. The van der Waals surface area contributed by atoms with E-state index in [2.05, 4.69) is 12.2 Å². The van der Waals surface area contributed by atoms with Crippen LogP contribution < -0.4 is 5.32 Å². The summed E-state index contributed by atoms with van der Waals surface area (Å²) >= 11 is 0. The predicted molar refractivity (Wildman–Crippen MR) is 98.1 cm³/mol. The fraction of sp³-hybridized carbons (Fsp3) is 0.600. The van der Waals surface area contributed by atoms with Gasteiger partial charge < -0.3 is 14.8 Å². The van der Waals surface area contributed by atoms with Gasteiger partial charge in [-0.1, -0.05) is 75.8 Å². The van der Waals surface area contributed by atoms with Crippen LogP contribution in [0.3, 0.4) is 0 Å². The van der Waals surface area contributed by atoms with E-state index < -0.39 is 18.1 Å². The van der Waals surface area contributed by atoms with Gasteiger partial charge in [-0.15, -0.1) is 0 Å². The van der Waals surface area contributed by atoms with Crippen LogP contribution in [-0.2, 0) is 19.1 Å². The Bertz CT molecular complexity index is 504. The molecule has 1 amide bonds. The number of rotatable bonds is 12. The van der Waals surface area contributed by atoms with Crippen molar-refractivity contribution in [3.05, 3.63) is 35.9 Å². The Kier molecular flexibility index (Phi) is 10.6. The van der Waals surface area contributed by atoms with Gasteiger partial charge in [0.25, 0.3) is 5.91 Å². The maximum absolute atomic E-state index is 12.5. The van der Waals surface area contributed by atoms with Crippen LogP contribution in [0.5, 0.6) is 0 Å². The summed E-state index contributed by atoms with van der Waals surface area (Å²) in [5.41, 5.74) is 0.755. The van der Waals surface area contributed by atoms with E-state index in [0.717, 1.165) is 24.8 Å². The third-order valence-corrected chi connectivity index (χ3v) is 4.22. The standard InChI is InChI=1S/C20H31NO4/c1-4-5-6-7-8-12-15-17(20(23)25-3)21-19(22)18(24-2)16-13-10-9-11-14-16/h9-11,13-14,17-18H,4-8,12,15H2,1-3H3,(H,21,22)/t17-,18-/m1/s1. The van der Waals surface area contributed by atoms with E-state index in [0.29, 0.717) is 6.42 Å². The van der Waals surface area contributed by atoms with Gasteiger partial charge in [0.15, 0.2) is 6.10 Å². The highest BCUT2D eigenvalue weighted by molar-refractivity contribution is 5.87. The zero-order valence-electron chi connectivity index (χ0n) is 15.6. The summed E-state index contributed by atoms with van der Waals surface area (Å²) < 4.78 is 10.2. The van der Waals surface area contributed by atoms with Crippen LogP contribution in [0, 0.1) is 0 Å². The molecule has 25 heavy (non-hydrogen) atoms. The van der Waals surface area contributed by atoms with E-state index >= 15 is 0 Å². The SMILES string of the molecule is CCCCCCCC[C@@H](NC(=O)[C@H](OC)c1ccccc1)C(=O)OC. The third kappa shape index (κ3) is 7.69. The molecule has 0 heterocycles. The summed E-state index contributed by atoms with van der Waals surface area (Å²) in [4.78, 5) is 24.5. The highest BCUT2D eigenvalue weighted by Crippen LogP contribution is 2.17.